The van der Waals surface area contributed by atoms with Crippen molar-refractivity contribution >= 4 is 11.8 Å². The van der Waals surface area contributed by atoms with Gasteiger partial charge in [0.05, 0.1) is 11.9 Å². The number of hydrogen-bond donors (Lipinski definition) is 1. The molecule has 1 aromatic rings. The van der Waals surface area contributed by atoms with Gasteiger partial charge in [-0.25, -0.2) is 4.39 Å². The second-order valence-corrected chi connectivity index (χ2v) is 6.97. The highest BCUT2D eigenvalue weighted by molar-refractivity contribution is 8.00. The van der Waals surface area contributed by atoms with E-state index in [2.05, 4.69) is 23.5 Å². The summed E-state index contributed by atoms with van der Waals surface area (Å²) in [6, 6.07) is 3.52. The van der Waals surface area contributed by atoms with Crippen LogP contribution in [0.5, 0.6) is 0 Å². The molecule has 1 N–H and O–H groups in total. The molecule has 1 fully saturated rings. The third-order valence-corrected chi connectivity index (χ3v) is 5.80. The fourth-order valence-corrected chi connectivity index (χ4v) is 3.93. The average molecular weight is 296 g/mol. The molecule has 1 aliphatic rings. The van der Waals surface area contributed by atoms with Gasteiger partial charge in [-0.05, 0) is 37.7 Å². The van der Waals surface area contributed by atoms with E-state index < -0.39 is 0 Å². The van der Waals surface area contributed by atoms with Crippen LogP contribution >= 0.6 is 11.8 Å². The fraction of sp³-hybridized carbons (Fsp3) is 0.688. The summed E-state index contributed by atoms with van der Waals surface area (Å²) < 4.78 is 13.3. The molecule has 1 atom stereocenters. The molecule has 0 bridgehead atoms. The zero-order valence-corrected chi connectivity index (χ0v) is 13.3. The Morgan fingerprint density at radius 2 is 2.10 bits per heavy atom. The Morgan fingerprint density at radius 3 is 2.65 bits per heavy atom. The van der Waals surface area contributed by atoms with Crippen molar-refractivity contribution in [2.75, 3.05) is 12.8 Å². The SMILES string of the molecule is CCC(NCC1(SC)CCCCC1)c1ccc(F)cn1. The van der Waals surface area contributed by atoms with Gasteiger partial charge in [0.1, 0.15) is 5.82 Å². The molecule has 112 valence electrons. The Labute approximate surface area is 125 Å². The Morgan fingerprint density at radius 1 is 1.35 bits per heavy atom. The zero-order valence-electron chi connectivity index (χ0n) is 12.5. The first kappa shape index (κ1) is 15.8. The summed E-state index contributed by atoms with van der Waals surface area (Å²) >= 11 is 2.00. The molecule has 0 aromatic carbocycles. The van der Waals surface area contributed by atoms with E-state index in [9.17, 15) is 4.39 Å². The van der Waals surface area contributed by atoms with Gasteiger partial charge in [-0.15, -0.1) is 0 Å². The van der Waals surface area contributed by atoms with Crippen LogP contribution in [-0.2, 0) is 0 Å². The molecule has 1 unspecified atom stereocenters. The van der Waals surface area contributed by atoms with Crippen LogP contribution in [0, 0.1) is 5.82 Å². The summed E-state index contributed by atoms with van der Waals surface area (Å²) in [5.41, 5.74) is 0.945. The highest BCUT2D eigenvalue weighted by Crippen LogP contribution is 2.38. The lowest BCUT2D eigenvalue weighted by molar-refractivity contribution is 0.358. The minimum absolute atomic E-state index is 0.224. The summed E-state index contributed by atoms with van der Waals surface area (Å²) in [7, 11) is 0. The molecule has 0 saturated heterocycles. The van der Waals surface area contributed by atoms with Gasteiger partial charge in [0, 0.05) is 17.3 Å². The van der Waals surface area contributed by atoms with Crippen molar-refractivity contribution in [3.05, 3.63) is 29.8 Å². The Balaban J connectivity index is 1.97. The van der Waals surface area contributed by atoms with Crippen molar-refractivity contribution in [3.8, 4) is 0 Å². The largest absolute Gasteiger partial charge is 0.307 e. The smallest absolute Gasteiger partial charge is 0.141 e. The molecule has 1 aliphatic carbocycles. The Kier molecular flexibility index (Phi) is 5.85. The molecular weight excluding hydrogens is 271 g/mol. The van der Waals surface area contributed by atoms with Crippen LogP contribution in [-0.4, -0.2) is 22.5 Å². The van der Waals surface area contributed by atoms with E-state index >= 15 is 0 Å². The summed E-state index contributed by atoms with van der Waals surface area (Å²) in [5, 5.41) is 3.66. The van der Waals surface area contributed by atoms with Gasteiger partial charge < -0.3 is 5.32 Å². The molecule has 0 radical (unpaired) electrons. The van der Waals surface area contributed by atoms with Crippen LogP contribution < -0.4 is 5.32 Å². The lowest BCUT2D eigenvalue weighted by Gasteiger charge is -2.37. The minimum atomic E-state index is -0.267. The van der Waals surface area contributed by atoms with Crippen LogP contribution in [0.15, 0.2) is 18.3 Å². The molecule has 0 aliphatic heterocycles. The maximum absolute atomic E-state index is 13.0. The summed E-state index contributed by atoms with van der Waals surface area (Å²) in [5.74, 6) is -0.267. The number of halogens is 1. The first-order valence-electron chi connectivity index (χ1n) is 7.59. The van der Waals surface area contributed by atoms with E-state index in [-0.39, 0.29) is 11.9 Å². The van der Waals surface area contributed by atoms with Crippen LogP contribution in [0.25, 0.3) is 0 Å². The minimum Gasteiger partial charge on any atom is -0.307 e. The lowest BCUT2D eigenvalue weighted by Crippen LogP contribution is -2.40. The third-order valence-electron chi connectivity index (χ3n) is 4.38. The van der Waals surface area contributed by atoms with Crippen LogP contribution in [0.3, 0.4) is 0 Å². The number of nitrogens with one attached hydrogen (secondary N) is 1. The number of aromatic nitrogens is 1. The maximum atomic E-state index is 13.0. The van der Waals surface area contributed by atoms with Gasteiger partial charge in [-0.1, -0.05) is 26.2 Å². The van der Waals surface area contributed by atoms with Crippen molar-refractivity contribution in [2.45, 2.75) is 56.2 Å². The second-order valence-electron chi connectivity index (χ2n) is 5.69. The first-order chi connectivity index (χ1) is 9.69. The number of pyridine rings is 1. The van der Waals surface area contributed by atoms with Crippen molar-refractivity contribution in [3.63, 3.8) is 0 Å². The van der Waals surface area contributed by atoms with Crippen molar-refractivity contribution in [1.29, 1.82) is 0 Å². The highest BCUT2D eigenvalue weighted by Gasteiger charge is 2.31. The average Bonchev–Trinajstić information content (AvgIpc) is 2.50. The summed E-state index contributed by atoms with van der Waals surface area (Å²) in [6.07, 6.45) is 11.2. The molecule has 4 heteroatoms. The van der Waals surface area contributed by atoms with Crippen LogP contribution in [0.1, 0.15) is 57.2 Å². The predicted molar refractivity (Wildman–Crippen MR) is 84.6 cm³/mol. The number of hydrogen-bond acceptors (Lipinski definition) is 3. The standard InChI is InChI=1S/C16H25FN2S/c1-3-14(15-8-7-13(17)11-18-15)19-12-16(20-2)9-5-4-6-10-16/h7-8,11,14,19H,3-6,9-10,12H2,1-2H3. The molecule has 2 rings (SSSR count). The molecule has 1 saturated carbocycles. The van der Waals surface area contributed by atoms with E-state index in [1.54, 1.807) is 6.07 Å². The lowest BCUT2D eigenvalue weighted by atomic mass is 9.88. The topological polar surface area (TPSA) is 24.9 Å². The Hall–Kier alpha value is -0.610. The third kappa shape index (κ3) is 3.95. The fourth-order valence-electron chi connectivity index (χ4n) is 3.01. The van der Waals surface area contributed by atoms with Crippen LogP contribution in [0.2, 0.25) is 0 Å². The van der Waals surface area contributed by atoms with E-state index in [4.69, 9.17) is 0 Å². The second kappa shape index (κ2) is 7.41. The summed E-state index contributed by atoms with van der Waals surface area (Å²) in [4.78, 5) is 4.22. The number of thioether (sulfide) groups is 1. The monoisotopic (exact) mass is 296 g/mol. The predicted octanol–water partition coefficient (Wildman–Crippen LogP) is 4.33. The van der Waals surface area contributed by atoms with Gasteiger partial charge in [0.25, 0.3) is 0 Å². The van der Waals surface area contributed by atoms with Gasteiger partial charge in [-0.2, -0.15) is 11.8 Å². The van der Waals surface area contributed by atoms with Gasteiger partial charge in [0.15, 0.2) is 0 Å². The number of rotatable bonds is 6. The molecule has 0 amide bonds. The van der Waals surface area contributed by atoms with E-state index in [0.29, 0.717) is 4.75 Å². The highest BCUT2D eigenvalue weighted by atomic mass is 32.2. The van der Waals surface area contributed by atoms with Crippen molar-refractivity contribution in [2.24, 2.45) is 0 Å². The molecule has 20 heavy (non-hydrogen) atoms. The molecule has 1 heterocycles. The van der Waals surface area contributed by atoms with E-state index in [1.807, 2.05) is 11.8 Å². The molecular formula is C16H25FN2S. The zero-order chi connectivity index (χ0) is 14.4. The van der Waals surface area contributed by atoms with E-state index in [1.165, 1.54) is 44.4 Å². The van der Waals surface area contributed by atoms with Gasteiger partial charge >= 0.3 is 0 Å². The van der Waals surface area contributed by atoms with Crippen LogP contribution in [0.4, 0.5) is 4.39 Å². The van der Waals surface area contributed by atoms with Gasteiger partial charge in [0.2, 0.25) is 0 Å². The Bertz CT molecular complexity index is 401. The normalized spacial score (nSPS) is 19.8. The van der Waals surface area contributed by atoms with Crippen molar-refractivity contribution in [1.82, 2.24) is 10.3 Å². The molecule has 1 aromatic heterocycles. The number of nitrogens with zero attached hydrogens (tertiary/aromatic N) is 1. The quantitative estimate of drug-likeness (QED) is 0.846. The van der Waals surface area contributed by atoms with Gasteiger partial charge in [-0.3, -0.25) is 4.98 Å². The van der Waals surface area contributed by atoms with Crippen molar-refractivity contribution < 1.29 is 4.39 Å². The summed E-state index contributed by atoms with van der Waals surface area (Å²) in [6.45, 7) is 3.17. The maximum Gasteiger partial charge on any atom is 0.141 e. The van der Waals surface area contributed by atoms with E-state index in [0.717, 1.165) is 18.7 Å². The molecule has 0 spiro atoms. The first-order valence-corrected chi connectivity index (χ1v) is 8.81. The molecule has 2 nitrogen and oxygen atoms in total.